The van der Waals surface area contributed by atoms with Crippen molar-refractivity contribution >= 4 is 11.7 Å². The topological polar surface area (TPSA) is 38.7 Å². The Hall–Kier alpha value is -1.64. The monoisotopic (exact) mass is 203 g/mol. The third-order valence-electron chi connectivity index (χ3n) is 2.28. The summed E-state index contributed by atoms with van der Waals surface area (Å²) in [5.41, 5.74) is 2.11. The summed E-state index contributed by atoms with van der Waals surface area (Å²) in [6.45, 7) is 2.22. The van der Waals surface area contributed by atoms with Crippen molar-refractivity contribution in [2.45, 2.75) is 19.4 Å². The fourth-order valence-corrected chi connectivity index (χ4v) is 1.49. The van der Waals surface area contributed by atoms with E-state index in [1.54, 1.807) is 6.92 Å². The number of rotatable bonds is 4. The van der Waals surface area contributed by atoms with Crippen LogP contribution in [0.1, 0.15) is 12.5 Å². The summed E-state index contributed by atoms with van der Waals surface area (Å²) in [7, 11) is 0. The van der Waals surface area contributed by atoms with Gasteiger partial charge in [-0.3, -0.25) is 4.99 Å². The van der Waals surface area contributed by atoms with Gasteiger partial charge in [0.15, 0.2) is 6.04 Å². The maximum atomic E-state index is 11.3. The van der Waals surface area contributed by atoms with Crippen molar-refractivity contribution in [1.29, 1.82) is 0 Å². The molecular formula is C12H13NO2. The van der Waals surface area contributed by atoms with Crippen molar-refractivity contribution in [2.75, 3.05) is 6.61 Å². The minimum absolute atomic E-state index is 0.219. The number of nitrogens with zero attached hydrogens (tertiary/aromatic N) is 1. The largest absolute Gasteiger partial charge is 0.464 e. The maximum Gasteiger partial charge on any atom is 0.336 e. The Bertz CT molecular complexity index is 384. The van der Waals surface area contributed by atoms with Crippen LogP contribution in [0.5, 0.6) is 0 Å². The van der Waals surface area contributed by atoms with Crippen LogP contribution in [0.4, 0.5) is 0 Å². The van der Waals surface area contributed by atoms with Crippen LogP contribution < -0.4 is 0 Å². The maximum absolute atomic E-state index is 11.3. The molecule has 0 spiro atoms. The van der Waals surface area contributed by atoms with E-state index in [-0.39, 0.29) is 12.0 Å². The molecule has 3 heteroatoms. The van der Waals surface area contributed by atoms with Gasteiger partial charge in [-0.25, -0.2) is 4.79 Å². The Morgan fingerprint density at radius 1 is 1.40 bits per heavy atom. The molecule has 1 aliphatic heterocycles. The number of carbonyl (C=O) groups is 1. The summed E-state index contributed by atoms with van der Waals surface area (Å²) in [6.07, 6.45) is 0.754. The van der Waals surface area contributed by atoms with Crippen molar-refractivity contribution in [2.24, 2.45) is 4.99 Å². The molecule has 1 aromatic carbocycles. The van der Waals surface area contributed by atoms with Crippen molar-refractivity contribution in [3.8, 4) is 0 Å². The van der Waals surface area contributed by atoms with E-state index in [9.17, 15) is 4.79 Å². The van der Waals surface area contributed by atoms with Gasteiger partial charge >= 0.3 is 5.97 Å². The molecule has 2 rings (SSSR count). The normalized spacial score (nSPS) is 18.2. The van der Waals surface area contributed by atoms with Crippen molar-refractivity contribution in [1.82, 2.24) is 0 Å². The summed E-state index contributed by atoms with van der Waals surface area (Å²) in [5, 5.41) is 0. The highest BCUT2D eigenvalue weighted by Gasteiger charge is 2.35. The smallest absolute Gasteiger partial charge is 0.336 e. The highest BCUT2D eigenvalue weighted by atomic mass is 16.5. The molecule has 0 aliphatic carbocycles. The first-order chi connectivity index (χ1) is 7.31. The van der Waals surface area contributed by atoms with Crippen molar-refractivity contribution in [3.63, 3.8) is 0 Å². The molecule has 1 aromatic rings. The van der Waals surface area contributed by atoms with E-state index in [0.717, 1.165) is 12.1 Å². The molecule has 0 saturated heterocycles. The summed E-state index contributed by atoms with van der Waals surface area (Å²) in [6, 6.07) is 9.70. The fourth-order valence-electron chi connectivity index (χ4n) is 1.49. The van der Waals surface area contributed by atoms with Gasteiger partial charge in [-0.2, -0.15) is 0 Å². The molecule has 0 aromatic heterocycles. The van der Waals surface area contributed by atoms with Crippen LogP contribution in [0.15, 0.2) is 35.3 Å². The van der Waals surface area contributed by atoms with E-state index in [0.29, 0.717) is 6.61 Å². The van der Waals surface area contributed by atoms with E-state index in [1.807, 2.05) is 30.3 Å². The molecule has 0 saturated carbocycles. The lowest BCUT2D eigenvalue weighted by Gasteiger charge is -1.98. The second-order valence-electron chi connectivity index (χ2n) is 3.44. The van der Waals surface area contributed by atoms with Gasteiger partial charge in [0.1, 0.15) is 0 Å². The first-order valence-electron chi connectivity index (χ1n) is 5.08. The molecule has 0 radical (unpaired) electrons. The molecule has 1 unspecified atom stereocenters. The molecule has 0 N–H and O–H groups in total. The SMILES string of the molecule is CCOC(=O)C1N=C1Cc1ccccc1. The van der Waals surface area contributed by atoms with Crippen LogP contribution in [-0.4, -0.2) is 24.3 Å². The Labute approximate surface area is 88.8 Å². The molecular weight excluding hydrogens is 190 g/mol. The van der Waals surface area contributed by atoms with Crippen LogP contribution in [0.2, 0.25) is 0 Å². The quantitative estimate of drug-likeness (QED) is 0.697. The predicted molar refractivity (Wildman–Crippen MR) is 58.0 cm³/mol. The molecule has 78 valence electrons. The summed E-state index contributed by atoms with van der Waals surface area (Å²) in [5.74, 6) is -0.219. The third-order valence-corrected chi connectivity index (χ3v) is 2.28. The summed E-state index contributed by atoms with van der Waals surface area (Å²) >= 11 is 0. The number of carbonyl (C=O) groups excluding carboxylic acids is 1. The zero-order chi connectivity index (χ0) is 10.7. The number of ether oxygens (including phenoxy) is 1. The molecule has 1 aliphatic rings. The standard InChI is InChI=1S/C12H13NO2/c1-2-15-12(14)11-10(13-11)8-9-6-4-3-5-7-9/h3-7,11H,2,8H2,1H3. The van der Waals surface area contributed by atoms with Crippen LogP contribution in [-0.2, 0) is 16.0 Å². The van der Waals surface area contributed by atoms with Crippen LogP contribution in [0.3, 0.4) is 0 Å². The summed E-state index contributed by atoms with van der Waals surface area (Å²) < 4.78 is 4.88. The molecule has 1 atom stereocenters. The number of esters is 1. The fraction of sp³-hybridized carbons (Fsp3) is 0.333. The number of aliphatic imine (C=N–C) groups is 1. The lowest BCUT2D eigenvalue weighted by atomic mass is 10.1. The summed E-state index contributed by atoms with van der Waals surface area (Å²) in [4.78, 5) is 15.4. The van der Waals surface area contributed by atoms with Gasteiger partial charge in [0.05, 0.1) is 12.3 Å². The van der Waals surface area contributed by atoms with Gasteiger partial charge in [0.2, 0.25) is 0 Å². The Morgan fingerprint density at radius 3 is 2.80 bits per heavy atom. The minimum atomic E-state index is -0.301. The van der Waals surface area contributed by atoms with Crippen LogP contribution in [0, 0.1) is 0 Å². The molecule has 15 heavy (non-hydrogen) atoms. The average molecular weight is 203 g/mol. The first-order valence-corrected chi connectivity index (χ1v) is 5.08. The molecule has 0 amide bonds. The Kier molecular flexibility index (Phi) is 2.81. The molecule has 1 heterocycles. The first kappa shape index (κ1) is 9.90. The second kappa shape index (κ2) is 4.26. The van der Waals surface area contributed by atoms with Crippen LogP contribution in [0.25, 0.3) is 0 Å². The lowest BCUT2D eigenvalue weighted by molar-refractivity contribution is -0.142. The lowest BCUT2D eigenvalue weighted by Crippen LogP contribution is -2.17. The molecule has 0 bridgehead atoms. The van der Waals surface area contributed by atoms with Gasteiger partial charge < -0.3 is 4.74 Å². The van der Waals surface area contributed by atoms with E-state index in [4.69, 9.17) is 4.74 Å². The number of hydrogen-bond acceptors (Lipinski definition) is 3. The second-order valence-corrected chi connectivity index (χ2v) is 3.44. The van der Waals surface area contributed by atoms with E-state index >= 15 is 0 Å². The van der Waals surface area contributed by atoms with E-state index < -0.39 is 0 Å². The van der Waals surface area contributed by atoms with Gasteiger partial charge in [-0.1, -0.05) is 30.3 Å². The molecule has 3 nitrogen and oxygen atoms in total. The van der Waals surface area contributed by atoms with Gasteiger partial charge in [-0.15, -0.1) is 0 Å². The zero-order valence-electron chi connectivity index (χ0n) is 8.64. The minimum Gasteiger partial charge on any atom is -0.464 e. The van der Waals surface area contributed by atoms with Gasteiger partial charge in [0.25, 0.3) is 0 Å². The van der Waals surface area contributed by atoms with Crippen LogP contribution >= 0.6 is 0 Å². The Balaban J connectivity index is 1.85. The average Bonchev–Trinajstić information content (AvgIpc) is 2.99. The van der Waals surface area contributed by atoms with E-state index in [2.05, 4.69) is 4.99 Å². The predicted octanol–water partition coefficient (Wildman–Crippen LogP) is 1.62. The van der Waals surface area contributed by atoms with Gasteiger partial charge in [0, 0.05) is 6.42 Å². The highest BCUT2D eigenvalue weighted by molar-refractivity contribution is 6.16. The van der Waals surface area contributed by atoms with Crippen molar-refractivity contribution in [3.05, 3.63) is 35.9 Å². The van der Waals surface area contributed by atoms with Gasteiger partial charge in [-0.05, 0) is 12.5 Å². The Morgan fingerprint density at radius 2 is 2.13 bits per heavy atom. The van der Waals surface area contributed by atoms with Crippen molar-refractivity contribution < 1.29 is 9.53 Å². The highest BCUT2D eigenvalue weighted by Crippen LogP contribution is 2.18. The zero-order valence-corrected chi connectivity index (χ0v) is 8.64. The van der Waals surface area contributed by atoms with E-state index in [1.165, 1.54) is 5.56 Å². The molecule has 0 fully saturated rings. The number of benzene rings is 1. The third kappa shape index (κ3) is 2.43. The number of hydrogen-bond donors (Lipinski definition) is 0.